The second kappa shape index (κ2) is 6.81. The smallest absolute Gasteiger partial charge is 0.279 e. The van der Waals surface area contributed by atoms with Crippen LogP contribution in [0.3, 0.4) is 0 Å². The van der Waals surface area contributed by atoms with Crippen LogP contribution in [0.25, 0.3) is 10.2 Å². The van der Waals surface area contributed by atoms with Gasteiger partial charge in [0.25, 0.3) is 5.91 Å². The third kappa shape index (κ3) is 3.35. The Morgan fingerprint density at radius 3 is 2.52 bits per heavy atom. The summed E-state index contributed by atoms with van der Waals surface area (Å²) in [5, 5.41) is 0. The van der Waals surface area contributed by atoms with Gasteiger partial charge in [-0.3, -0.25) is 4.79 Å². The number of allylic oxidation sites excluding steroid dienone is 1. The topological polar surface area (TPSA) is 34.4 Å². The van der Waals surface area contributed by atoms with Gasteiger partial charge in [-0.15, -0.1) is 6.58 Å². The number of carbonyl (C=O) groups excluding carboxylic acids is 1. The molecular weight excluding hydrogens is 328 g/mol. The second-order valence-corrected chi connectivity index (χ2v) is 7.43. The summed E-state index contributed by atoms with van der Waals surface area (Å²) < 4.78 is 3.19. The van der Waals surface area contributed by atoms with Crippen molar-refractivity contribution in [2.24, 2.45) is 4.99 Å². The monoisotopic (exact) mass is 350 g/mol. The Kier molecular flexibility index (Phi) is 4.73. The van der Waals surface area contributed by atoms with Crippen LogP contribution < -0.4 is 4.80 Å². The average molecular weight is 350 g/mol. The van der Waals surface area contributed by atoms with Crippen molar-refractivity contribution in [3.63, 3.8) is 0 Å². The van der Waals surface area contributed by atoms with E-state index in [2.05, 4.69) is 42.1 Å². The fourth-order valence-electron chi connectivity index (χ4n) is 2.91. The number of thiazole rings is 1. The van der Waals surface area contributed by atoms with Crippen molar-refractivity contribution < 1.29 is 4.79 Å². The van der Waals surface area contributed by atoms with Crippen molar-refractivity contribution in [1.29, 1.82) is 0 Å². The third-order valence-corrected chi connectivity index (χ3v) is 5.46. The van der Waals surface area contributed by atoms with Crippen molar-refractivity contribution in [3.05, 3.63) is 75.6 Å². The van der Waals surface area contributed by atoms with Crippen LogP contribution in [0.4, 0.5) is 0 Å². The molecule has 1 aromatic heterocycles. The van der Waals surface area contributed by atoms with Gasteiger partial charge in [-0.05, 0) is 62.6 Å². The van der Waals surface area contributed by atoms with Crippen LogP contribution in [0.1, 0.15) is 32.6 Å². The molecule has 0 aliphatic heterocycles. The van der Waals surface area contributed by atoms with Gasteiger partial charge in [-0.25, -0.2) is 0 Å². The molecule has 0 radical (unpaired) electrons. The largest absolute Gasteiger partial charge is 0.312 e. The van der Waals surface area contributed by atoms with E-state index >= 15 is 0 Å². The molecule has 0 spiro atoms. The number of hydrogen-bond acceptors (Lipinski definition) is 2. The Morgan fingerprint density at radius 2 is 1.84 bits per heavy atom. The fraction of sp³-hybridized carbons (Fsp3) is 0.238. The normalized spacial score (nSPS) is 11.9. The van der Waals surface area contributed by atoms with Gasteiger partial charge in [0.05, 0.1) is 10.2 Å². The summed E-state index contributed by atoms with van der Waals surface area (Å²) in [6.07, 6.45) is 1.84. The Bertz CT molecular complexity index is 1050. The van der Waals surface area contributed by atoms with Crippen LogP contribution in [-0.2, 0) is 6.54 Å². The third-order valence-electron chi connectivity index (χ3n) is 4.42. The van der Waals surface area contributed by atoms with E-state index < -0.39 is 0 Å². The molecule has 3 rings (SSSR count). The Morgan fingerprint density at radius 1 is 1.12 bits per heavy atom. The molecule has 0 aliphatic rings. The van der Waals surface area contributed by atoms with Gasteiger partial charge in [0, 0.05) is 12.1 Å². The highest BCUT2D eigenvalue weighted by atomic mass is 32.1. The second-order valence-electron chi connectivity index (χ2n) is 6.42. The van der Waals surface area contributed by atoms with Crippen LogP contribution in [-0.4, -0.2) is 10.5 Å². The SMILES string of the molecule is C=CCn1c(=NC(=O)c2ccc(C)cc2C)sc2cc(C)c(C)cc21. The van der Waals surface area contributed by atoms with E-state index in [4.69, 9.17) is 0 Å². The predicted octanol–water partition coefficient (Wildman–Crippen LogP) is 4.86. The number of benzene rings is 2. The number of aromatic nitrogens is 1. The highest BCUT2D eigenvalue weighted by Gasteiger charge is 2.11. The van der Waals surface area contributed by atoms with Crippen LogP contribution in [0.5, 0.6) is 0 Å². The highest BCUT2D eigenvalue weighted by molar-refractivity contribution is 7.16. The molecule has 0 saturated heterocycles. The summed E-state index contributed by atoms with van der Waals surface area (Å²) in [4.78, 5) is 17.9. The molecular formula is C21H22N2OS. The fourth-order valence-corrected chi connectivity index (χ4v) is 4.03. The van der Waals surface area contributed by atoms with E-state index in [9.17, 15) is 4.79 Å². The van der Waals surface area contributed by atoms with Gasteiger partial charge in [0.1, 0.15) is 0 Å². The van der Waals surface area contributed by atoms with E-state index in [1.165, 1.54) is 11.1 Å². The molecule has 3 nitrogen and oxygen atoms in total. The molecule has 0 unspecified atom stereocenters. The molecule has 0 saturated carbocycles. The number of hydrogen-bond donors (Lipinski definition) is 0. The summed E-state index contributed by atoms with van der Waals surface area (Å²) in [6, 6.07) is 10.1. The maximum absolute atomic E-state index is 12.7. The van der Waals surface area contributed by atoms with Crippen molar-refractivity contribution >= 4 is 27.5 Å². The number of carbonyl (C=O) groups is 1. The Hall–Kier alpha value is -2.46. The van der Waals surface area contributed by atoms with Gasteiger partial charge >= 0.3 is 0 Å². The molecule has 4 heteroatoms. The van der Waals surface area contributed by atoms with Crippen LogP contribution >= 0.6 is 11.3 Å². The van der Waals surface area contributed by atoms with Crippen LogP contribution in [0.15, 0.2) is 48.0 Å². The van der Waals surface area contributed by atoms with Gasteiger partial charge in [-0.2, -0.15) is 4.99 Å². The van der Waals surface area contributed by atoms with E-state index in [-0.39, 0.29) is 5.91 Å². The molecule has 0 N–H and O–H groups in total. The summed E-state index contributed by atoms with van der Waals surface area (Å²) in [6.45, 7) is 12.6. The summed E-state index contributed by atoms with van der Waals surface area (Å²) in [5.74, 6) is -0.199. The molecule has 1 amide bonds. The first kappa shape index (κ1) is 17.4. The minimum absolute atomic E-state index is 0.199. The van der Waals surface area contributed by atoms with E-state index in [1.807, 2.05) is 38.1 Å². The van der Waals surface area contributed by atoms with E-state index in [0.29, 0.717) is 16.9 Å². The molecule has 25 heavy (non-hydrogen) atoms. The van der Waals surface area contributed by atoms with Gasteiger partial charge in [0.15, 0.2) is 4.80 Å². The molecule has 0 aliphatic carbocycles. The van der Waals surface area contributed by atoms with E-state index in [1.54, 1.807) is 11.3 Å². The average Bonchev–Trinajstić information content (AvgIpc) is 2.85. The summed E-state index contributed by atoms with van der Waals surface area (Å²) >= 11 is 1.55. The lowest BCUT2D eigenvalue weighted by atomic mass is 10.1. The number of aryl methyl sites for hydroxylation is 4. The minimum Gasteiger partial charge on any atom is -0.312 e. The predicted molar refractivity (Wildman–Crippen MR) is 105 cm³/mol. The molecule has 0 fully saturated rings. The Balaban J connectivity index is 2.19. The number of nitrogens with zero attached hydrogens (tertiary/aromatic N) is 2. The van der Waals surface area contributed by atoms with Gasteiger partial charge < -0.3 is 4.57 Å². The molecule has 0 bridgehead atoms. The van der Waals surface area contributed by atoms with Crippen molar-refractivity contribution in [3.8, 4) is 0 Å². The molecule has 2 aromatic carbocycles. The zero-order valence-corrected chi connectivity index (χ0v) is 15.9. The molecule has 1 heterocycles. The summed E-state index contributed by atoms with van der Waals surface area (Å²) in [5.41, 5.74) is 6.32. The first-order chi connectivity index (χ1) is 11.9. The standard InChI is InChI=1S/C21H22N2OS/c1-6-9-23-18-11-14(3)15(4)12-19(18)25-21(23)22-20(24)17-8-7-13(2)10-16(17)5/h6-8,10-12H,1,9H2,2-5H3. The molecule has 0 atom stereocenters. The van der Waals surface area contributed by atoms with Crippen LogP contribution in [0, 0.1) is 27.7 Å². The van der Waals surface area contributed by atoms with Crippen molar-refractivity contribution in [1.82, 2.24) is 4.57 Å². The molecule has 3 aromatic rings. The molecule has 128 valence electrons. The van der Waals surface area contributed by atoms with Crippen molar-refractivity contribution in [2.45, 2.75) is 34.2 Å². The maximum Gasteiger partial charge on any atom is 0.279 e. The minimum atomic E-state index is -0.199. The van der Waals surface area contributed by atoms with Gasteiger partial charge in [0.2, 0.25) is 0 Å². The zero-order chi connectivity index (χ0) is 18.1. The van der Waals surface area contributed by atoms with Crippen molar-refractivity contribution in [2.75, 3.05) is 0 Å². The first-order valence-corrected chi connectivity index (χ1v) is 9.10. The quantitative estimate of drug-likeness (QED) is 0.621. The lowest BCUT2D eigenvalue weighted by Gasteiger charge is -2.04. The Labute approximate surface area is 152 Å². The lowest BCUT2D eigenvalue weighted by Crippen LogP contribution is -2.16. The van der Waals surface area contributed by atoms with Gasteiger partial charge in [-0.1, -0.05) is 35.1 Å². The number of amides is 1. The van der Waals surface area contributed by atoms with E-state index in [0.717, 1.165) is 21.3 Å². The number of rotatable bonds is 3. The highest BCUT2D eigenvalue weighted by Crippen LogP contribution is 2.22. The maximum atomic E-state index is 12.7. The summed E-state index contributed by atoms with van der Waals surface area (Å²) in [7, 11) is 0. The lowest BCUT2D eigenvalue weighted by molar-refractivity contribution is 0.0997. The number of fused-ring (bicyclic) bond motifs is 1. The zero-order valence-electron chi connectivity index (χ0n) is 15.1. The van der Waals surface area contributed by atoms with Crippen LogP contribution in [0.2, 0.25) is 0 Å². The first-order valence-electron chi connectivity index (χ1n) is 8.28.